The molecule has 0 aromatic heterocycles. The summed E-state index contributed by atoms with van der Waals surface area (Å²) >= 11 is 4.91. The van der Waals surface area contributed by atoms with Gasteiger partial charge in [-0.2, -0.15) is 0 Å². The molecule has 0 spiro atoms. The number of rotatable bonds is 7. The number of likely N-dealkylation sites (N-methyl/N-ethyl adjacent to an activating group) is 1. The molecule has 6 nitrogen and oxygen atoms in total. The Hall–Kier alpha value is -2.58. The van der Waals surface area contributed by atoms with Crippen LogP contribution in [0.3, 0.4) is 0 Å². The zero-order valence-electron chi connectivity index (χ0n) is 16.6. The first kappa shape index (κ1) is 22.1. The Labute approximate surface area is 187 Å². The van der Waals surface area contributed by atoms with Crippen molar-refractivity contribution in [2.45, 2.75) is 20.5 Å². The minimum atomic E-state index is -0.955. The van der Waals surface area contributed by atoms with E-state index < -0.39 is 5.97 Å². The number of benzene rings is 2. The monoisotopic (exact) mass is 488 g/mol. The zero-order chi connectivity index (χ0) is 21.7. The standard InChI is InChI=1S/C22H21BrN2O4S/c1-3-24-22-25(4-2)20(26)19(30-22)12-15-7-10-18(17(23)11-15)29-13-14-5-8-16(9-6-14)21(27)28/h5-12H,3-4,13H2,1-2H3,(H,27,28). The summed E-state index contributed by atoms with van der Waals surface area (Å²) in [5, 5.41) is 9.70. The Balaban J connectivity index is 1.71. The summed E-state index contributed by atoms with van der Waals surface area (Å²) in [5.41, 5.74) is 1.99. The van der Waals surface area contributed by atoms with Gasteiger partial charge >= 0.3 is 5.97 Å². The first-order chi connectivity index (χ1) is 14.4. The number of ether oxygens (including phenoxy) is 1. The van der Waals surface area contributed by atoms with Crippen LogP contribution in [0.15, 0.2) is 56.8 Å². The van der Waals surface area contributed by atoms with Gasteiger partial charge in [-0.3, -0.25) is 14.7 Å². The number of carbonyl (C=O) groups excluding carboxylic acids is 1. The van der Waals surface area contributed by atoms with Crippen molar-refractivity contribution in [2.24, 2.45) is 4.99 Å². The summed E-state index contributed by atoms with van der Waals surface area (Å²) < 4.78 is 6.61. The van der Waals surface area contributed by atoms with E-state index in [1.54, 1.807) is 29.2 Å². The van der Waals surface area contributed by atoms with E-state index >= 15 is 0 Å². The lowest BCUT2D eigenvalue weighted by molar-refractivity contribution is -0.122. The second-order valence-electron chi connectivity index (χ2n) is 6.40. The molecule has 30 heavy (non-hydrogen) atoms. The van der Waals surface area contributed by atoms with Crippen LogP contribution in [0.5, 0.6) is 5.75 Å². The van der Waals surface area contributed by atoms with Gasteiger partial charge in [0.15, 0.2) is 5.17 Å². The first-order valence-corrected chi connectivity index (χ1v) is 11.0. The smallest absolute Gasteiger partial charge is 0.335 e. The van der Waals surface area contributed by atoms with Crippen molar-refractivity contribution in [1.29, 1.82) is 0 Å². The van der Waals surface area contributed by atoms with E-state index in [-0.39, 0.29) is 11.5 Å². The average Bonchev–Trinajstić information content (AvgIpc) is 3.02. The van der Waals surface area contributed by atoms with E-state index in [4.69, 9.17) is 9.84 Å². The van der Waals surface area contributed by atoms with Gasteiger partial charge in [0.2, 0.25) is 0 Å². The third-order valence-corrected chi connectivity index (χ3v) is 6.01. The Bertz CT molecular complexity index is 1020. The molecule has 0 unspecified atom stereocenters. The maximum atomic E-state index is 12.6. The normalized spacial score (nSPS) is 16.5. The van der Waals surface area contributed by atoms with E-state index in [0.29, 0.717) is 30.4 Å². The zero-order valence-corrected chi connectivity index (χ0v) is 19.0. The fourth-order valence-corrected chi connectivity index (χ4v) is 4.44. The van der Waals surface area contributed by atoms with Crippen LogP contribution >= 0.6 is 27.7 Å². The van der Waals surface area contributed by atoms with Gasteiger partial charge in [-0.15, -0.1) is 0 Å². The van der Waals surface area contributed by atoms with Crippen LogP contribution in [0.25, 0.3) is 6.08 Å². The van der Waals surface area contributed by atoms with Crippen LogP contribution in [-0.2, 0) is 11.4 Å². The maximum absolute atomic E-state index is 12.6. The average molecular weight is 489 g/mol. The summed E-state index contributed by atoms with van der Waals surface area (Å²) in [4.78, 5) is 30.2. The van der Waals surface area contributed by atoms with Crippen molar-refractivity contribution in [1.82, 2.24) is 4.90 Å². The Morgan fingerprint density at radius 1 is 1.23 bits per heavy atom. The van der Waals surface area contributed by atoms with Gasteiger partial charge in [-0.1, -0.05) is 18.2 Å². The van der Waals surface area contributed by atoms with Crippen LogP contribution in [0.4, 0.5) is 0 Å². The van der Waals surface area contributed by atoms with Crippen molar-refractivity contribution < 1.29 is 19.4 Å². The lowest BCUT2D eigenvalue weighted by Crippen LogP contribution is -2.28. The molecule has 2 aromatic carbocycles. The second-order valence-corrected chi connectivity index (χ2v) is 8.26. The van der Waals surface area contributed by atoms with Crippen LogP contribution < -0.4 is 4.74 Å². The molecule has 0 atom stereocenters. The second kappa shape index (κ2) is 9.95. The van der Waals surface area contributed by atoms with Gasteiger partial charge in [-0.05, 0) is 83.0 Å². The summed E-state index contributed by atoms with van der Waals surface area (Å²) in [6, 6.07) is 12.2. The Morgan fingerprint density at radius 2 is 1.97 bits per heavy atom. The summed E-state index contributed by atoms with van der Waals surface area (Å²) in [6.45, 7) is 5.42. The van der Waals surface area contributed by atoms with Gasteiger partial charge in [-0.25, -0.2) is 4.79 Å². The molecule has 3 rings (SSSR count). The largest absolute Gasteiger partial charge is 0.488 e. The fraction of sp³-hybridized carbons (Fsp3) is 0.227. The molecule has 156 valence electrons. The fourth-order valence-electron chi connectivity index (χ4n) is 2.82. The van der Waals surface area contributed by atoms with Gasteiger partial charge < -0.3 is 9.84 Å². The lowest BCUT2D eigenvalue weighted by atomic mass is 10.1. The molecule has 0 saturated carbocycles. The Kier molecular flexibility index (Phi) is 7.33. The third-order valence-electron chi connectivity index (χ3n) is 4.35. The van der Waals surface area contributed by atoms with Crippen molar-refractivity contribution in [3.63, 3.8) is 0 Å². The van der Waals surface area contributed by atoms with Crippen molar-refractivity contribution in [3.8, 4) is 5.75 Å². The molecular weight excluding hydrogens is 468 g/mol. The molecule has 8 heteroatoms. The number of carboxylic acid groups (broad SMARTS) is 1. The SMILES string of the molecule is CCN=C1SC(=Cc2ccc(OCc3ccc(C(=O)O)cc3)c(Br)c2)C(=O)N1CC. The summed E-state index contributed by atoms with van der Waals surface area (Å²) in [5.74, 6) is -0.326. The number of hydrogen-bond donors (Lipinski definition) is 1. The highest BCUT2D eigenvalue weighted by Crippen LogP contribution is 2.34. The van der Waals surface area contributed by atoms with E-state index in [1.807, 2.05) is 38.1 Å². The maximum Gasteiger partial charge on any atom is 0.335 e. The highest BCUT2D eigenvalue weighted by atomic mass is 79.9. The molecule has 0 bridgehead atoms. The van der Waals surface area contributed by atoms with Crippen molar-refractivity contribution >= 4 is 50.8 Å². The van der Waals surface area contributed by atoms with Gasteiger partial charge in [0, 0.05) is 13.1 Å². The molecule has 2 aromatic rings. The van der Waals surface area contributed by atoms with E-state index in [1.165, 1.54) is 11.8 Å². The topological polar surface area (TPSA) is 79.2 Å². The molecule has 1 amide bonds. The van der Waals surface area contributed by atoms with Crippen LogP contribution in [0, 0.1) is 0 Å². The number of amides is 1. The molecule has 1 aliphatic heterocycles. The summed E-state index contributed by atoms with van der Waals surface area (Å²) in [6.07, 6.45) is 1.85. The molecule has 1 saturated heterocycles. The van der Waals surface area contributed by atoms with E-state index in [9.17, 15) is 9.59 Å². The predicted octanol–water partition coefficient (Wildman–Crippen LogP) is 5.04. The minimum Gasteiger partial charge on any atom is -0.488 e. The number of hydrogen-bond acceptors (Lipinski definition) is 5. The quantitative estimate of drug-likeness (QED) is 0.552. The van der Waals surface area contributed by atoms with Crippen LogP contribution in [0.2, 0.25) is 0 Å². The van der Waals surface area contributed by atoms with E-state index in [0.717, 1.165) is 20.8 Å². The highest BCUT2D eigenvalue weighted by molar-refractivity contribution is 9.10. The Morgan fingerprint density at radius 3 is 2.57 bits per heavy atom. The van der Waals surface area contributed by atoms with Crippen LogP contribution in [0.1, 0.15) is 35.3 Å². The number of carboxylic acids is 1. The molecule has 0 radical (unpaired) electrons. The molecule has 0 aliphatic carbocycles. The highest BCUT2D eigenvalue weighted by Gasteiger charge is 2.31. The number of aromatic carboxylic acids is 1. The van der Waals surface area contributed by atoms with Gasteiger partial charge in [0.1, 0.15) is 12.4 Å². The van der Waals surface area contributed by atoms with Gasteiger partial charge in [0.05, 0.1) is 14.9 Å². The molecule has 1 aliphatic rings. The first-order valence-electron chi connectivity index (χ1n) is 9.43. The number of thioether (sulfide) groups is 1. The molecule has 1 fully saturated rings. The van der Waals surface area contributed by atoms with E-state index in [2.05, 4.69) is 20.9 Å². The molecule has 1 heterocycles. The predicted molar refractivity (Wildman–Crippen MR) is 123 cm³/mol. The number of halogens is 1. The lowest BCUT2D eigenvalue weighted by Gasteiger charge is -2.11. The minimum absolute atomic E-state index is 0.0315. The molecule has 1 N–H and O–H groups in total. The molecular formula is C22H21BrN2O4S. The van der Waals surface area contributed by atoms with Gasteiger partial charge in [0.25, 0.3) is 5.91 Å². The number of carbonyl (C=O) groups is 2. The number of amidine groups is 1. The van der Waals surface area contributed by atoms with Crippen molar-refractivity contribution in [3.05, 3.63) is 68.5 Å². The number of nitrogens with zero attached hydrogens (tertiary/aromatic N) is 2. The summed E-state index contributed by atoms with van der Waals surface area (Å²) in [7, 11) is 0. The van der Waals surface area contributed by atoms with Crippen molar-refractivity contribution in [2.75, 3.05) is 13.1 Å². The number of aliphatic imine (C=N–C) groups is 1. The van der Waals surface area contributed by atoms with Crippen LogP contribution in [-0.4, -0.2) is 40.1 Å². The third kappa shape index (κ3) is 5.12.